The van der Waals surface area contributed by atoms with Crippen molar-refractivity contribution < 1.29 is 0 Å². The first-order valence-electron chi connectivity index (χ1n) is 24.2. The highest BCUT2D eigenvalue weighted by Crippen LogP contribution is 2.65. The van der Waals surface area contributed by atoms with Crippen molar-refractivity contribution in [2.45, 2.75) is 24.7 Å². The molecular formula is C68H47N. The summed E-state index contributed by atoms with van der Waals surface area (Å²) in [5.74, 6) is 0. The first kappa shape index (κ1) is 39.6. The van der Waals surface area contributed by atoms with Gasteiger partial charge in [0.1, 0.15) is 0 Å². The molecule has 0 unspecified atom stereocenters. The molecule has 1 heteroatoms. The van der Waals surface area contributed by atoms with Gasteiger partial charge in [0.15, 0.2) is 0 Å². The van der Waals surface area contributed by atoms with Gasteiger partial charge < -0.3 is 4.90 Å². The molecule has 11 aromatic rings. The second-order valence-corrected chi connectivity index (χ2v) is 19.6. The lowest BCUT2D eigenvalue weighted by Gasteiger charge is -2.32. The minimum absolute atomic E-state index is 0.144. The number of hydrogen-bond acceptors (Lipinski definition) is 1. The molecule has 0 aromatic heterocycles. The van der Waals surface area contributed by atoms with Gasteiger partial charge in [-0.2, -0.15) is 0 Å². The molecule has 0 radical (unpaired) electrons. The van der Waals surface area contributed by atoms with Crippen molar-refractivity contribution in [2.24, 2.45) is 0 Å². The van der Waals surface area contributed by atoms with Gasteiger partial charge in [0.25, 0.3) is 0 Å². The van der Waals surface area contributed by atoms with Crippen LogP contribution in [0, 0.1) is 0 Å². The Kier molecular flexibility index (Phi) is 8.61. The molecule has 0 N–H and O–H groups in total. The van der Waals surface area contributed by atoms with Crippen LogP contribution in [0.25, 0.3) is 77.5 Å². The molecule has 0 saturated carbocycles. The van der Waals surface area contributed by atoms with E-state index in [1.54, 1.807) is 0 Å². The van der Waals surface area contributed by atoms with Gasteiger partial charge in [-0.1, -0.05) is 226 Å². The fourth-order valence-electron chi connectivity index (χ4n) is 12.6. The standard InChI is InChI=1S/C68H47N/c1-67(2)60-26-11-8-21-55(60)58-40-38-50(42-64(58)67)69(49-36-34-45(35-37-49)44-16-4-3-5-17-44)51-39-41-59-65(43-51)68(61-27-12-9-22-56(61)57-23-10-13-28-62(57)68)63-29-15-25-54(66(59)63)48-32-30-47(31-33-48)53-24-14-19-46-18-6-7-20-52(46)53/h3-43H,1-2H3. The maximum atomic E-state index is 2.53. The maximum absolute atomic E-state index is 2.53. The quantitative estimate of drug-likeness (QED) is 0.161. The maximum Gasteiger partial charge on any atom is 0.0726 e. The second-order valence-electron chi connectivity index (χ2n) is 19.6. The lowest BCUT2D eigenvalue weighted by molar-refractivity contribution is 0.660. The van der Waals surface area contributed by atoms with E-state index in [1.165, 1.54) is 111 Å². The summed E-state index contributed by atoms with van der Waals surface area (Å²) < 4.78 is 0. The van der Waals surface area contributed by atoms with Crippen molar-refractivity contribution in [1.29, 1.82) is 0 Å². The van der Waals surface area contributed by atoms with Gasteiger partial charge >= 0.3 is 0 Å². The number of rotatable bonds is 6. The highest BCUT2D eigenvalue weighted by molar-refractivity contribution is 6.02. The fraction of sp³-hybridized carbons (Fsp3) is 0.0588. The van der Waals surface area contributed by atoms with Gasteiger partial charge in [0, 0.05) is 22.5 Å². The van der Waals surface area contributed by atoms with Gasteiger partial charge in [-0.05, 0) is 147 Å². The van der Waals surface area contributed by atoms with Crippen LogP contribution < -0.4 is 4.90 Å². The predicted molar refractivity (Wildman–Crippen MR) is 289 cm³/mol. The molecule has 0 heterocycles. The van der Waals surface area contributed by atoms with Crippen LogP contribution in [0.15, 0.2) is 249 Å². The summed E-state index contributed by atoms with van der Waals surface area (Å²) in [6.07, 6.45) is 0. The molecule has 0 saturated heterocycles. The minimum Gasteiger partial charge on any atom is -0.310 e. The Hall–Kier alpha value is -8.52. The van der Waals surface area contributed by atoms with Crippen molar-refractivity contribution in [2.75, 3.05) is 4.90 Å². The highest BCUT2D eigenvalue weighted by atomic mass is 15.1. The Labute approximate surface area is 404 Å². The smallest absolute Gasteiger partial charge is 0.0726 e. The van der Waals surface area contributed by atoms with Crippen molar-refractivity contribution >= 4 is 27.8 Å². The van der Waals surface area contributed by atoms with E-state index in [1.807, 2.05) is 0 Å². The predicted octanol–water partition coefficient (Wildman–Crippen LogP) is 18.0. The second kappa shape index (κ2) is 15.0. The molecule has 0 amide bonds. The molecule has 3 aliphatic carbocycles. The summed E-state index contributed by atoms with van der Waals surface area (Å²) in [6.45, 7) is 4.75. The normalized spacial score (nSPS) is 13.9. The van der Waals surface area contributed by atoms with Crippen LogP contribution in [-0.4, -0.2) is 0 Å². The lowest BCUT2D eigenvalue weighted by Crippen LogP contribution is -2.26. The van der Waals surface area contributed by atoms with Crippen LogP contribution in [-0.2, 0) is 10.8 Å². The largest absolute Gasteiger partial charge is 0.310 e. The van der Waals surface area contributed by atoms with E-state index >= 15 is 0 Å². The molecule has 11 aromatic carbocycles. The van der Waals surface area contributed by atoms with Crippen molar-refractivity contribution in [3.63, 3.8) is 0 Å². The number of nitrogens with zero attached hydrogens (tertiary/aromatic N) is 1. The summed E-state index contributed by atoms with van der Waals surface area (Å²) in [5.41, 5.74) is 25.9. The summed E-state index contributed by atoms with van der Waals surface area (Å²) >= 11 is 0. The topological polar surface area (TPSA) is 3.24 Å². The van der Waals surface area contributed by atoms with Crippen LogP contribution in [0.5, 0.6) is 0 Å². The van der Waals surface area contributed by atoms with E-state index in [4.69, 9.17) is 0 Å². The number of hydrogen-bond donors (Lipinski definition) is 0. The average Bonchev–Trinajstić information content (AvgIpc) is 3.97. The SMILES string of the molecule is CC1(C)c2ccccc2-c2ccc(N(c3ccc(-c4ccccc4)cc3)c3ccc4c(c3)C3(c5ccccc5-c5ccccc53)c3cccc(-c5ccc(-c6cccc7ccccc67)cc5)c3-4)cc21. The van der Waals surface area contributed by atoms with E-state index in [0.717, 1.165) is 17.1 Å². The summed E-state index contributed by atoms with van der Waals surface area (Å²) in [7, 11) is 0. The Bertz CT molecular complexity index is 3800. The minimum atomic E-state index is -0.531. The van der Waals surface area contributed by atoms with E-state index in [0.29, 0.717) is 0 Å². The number of benzene rings is 11. The molecule has 0 fully saturated rings. The molecule has 0 aliphatic heterocycles. The third-order valence-corrected chi connectivity index (χ3v) is 15.7. The monoisotopic (exact) mass is 877 g/mol. The van der Waals surface area contributed by atoms with Gasteiger partial charge in [-0.15, -0.1) is 0 Å². The zero-order valence-corrected chi connectivity index (χ0v) is 38.6. The van der Waals surface area contributed by atoms with Crippen LogP contribution in [0.3, 0.4) is 0 Å². The van der Waals surface area contributed by atoms with Crippen LogP contribution in [0.4, 0.5) is 17.1 Å². The van der Waals surface area contributed by atoms with Crippen molar-refractivity contribution in [1.82, 2.24) is 0 Å². The molecule has 14 rings (SSSR count). The van der Waals surface area contributed by atoms with E-state index in [-0.39, 0.29) is 5.41 Å². The first-order valence-corrected chi connectivity index (χ1v) is 24.2. The molecular weight excluding hydrogens is 831 g/mol. The van der Waals surface area contributed by atoms with Crippen LogP contribution in [0.1, 0.15) is 47.2 Å². The van der Waals surface area contributed by atoms with Crippen LogP contribution >= 0.6 is 0 Å². The summed E-state index contributed by atoms with van der Waals surface area (Å²) in [6, 6.07) is 93.1. The molecule has 69 heavy (non-hydrogen) atoms. The molecule has 3 aliphatic rings. The van der Waals surface area contributed by atoms with E-state index in [9.17, 15) is 0 Å². The third-order valence-electron chi connectivity index (χ3n) is 15.7. The van der Waals surface area contributed by atoms with Crippen molar-refractivity contribution in [3.05, 3.63) is 282 Å². The third kappa shape index (κ3) is 5.71. The Morgan fingerprint density at radius 1 is 0.275 bits per heavy atom. The van der Waals surface area contributed by atoms with E-state index in [2.05, 4.69) is 267 Å². The summed E-state index contributed by atoms with van der Waals surface area (Å²) in [4.78, 5) is 2.49. The van der Waals surface area contributed by atoms with Gasteiger partial charge in [0.2, 0.25) is 0 Å². The van der Waals surface area contributed by atoms with Gasteiger partial charge in [-0.3, -0.25) is 0 Å². The van der Waals surface area contributed by atoms with Crippen LogP contribution in [0.2, 0.25) is 0 Å². The lowest BCUT2D eigenvalue weighted by atomic mass is 9.70. The van der Waals surface area contributed by atoms with E-state index < -0.39 is 5.41 Å². The Morgan fingerprint density at radius 2 is 0.725 bits per heavy atom. The van der Waals surface area contributed by atoms with Gasteiger partial charge in [0.05, 0.1) is 5.41 Å². The molecule has 0 atom stereocenters. The average molecular weight is 878 g/mol. The molecule has 0 bridgehead atoms. The highest BCUT2D eigenvalue weighted by Gasteiger charge is 2.52. The molecule has 324 valence electrons. The summed E-state index contributed by atoms with van der Waals surface area (Å²) in [5, 5.41) is 2.53. The van der Waals surface area contributed by atoms with Crippen molar-refractivity contribution in [3.8, 4) is 66.8 Å². The molecule has 1 nitrogen and oxygen atoms in total. The number of anilines is 3. The fourth-order valence-corrected chi connectivity index (χ4v) is 12.6. The first-order chi connectivity index (χ1) is 34.0. The Morgan fingerprint density at radius 3 is 1.43 bits per heavy atom. The number of fused-ring (bicyclic) bond motifs is 14. The zero-order chi connectivity index (χ0) is 45.8. The zero-order valence-electron chi connectivity index (χ0n) is 38.6. The van der Waals surface area contributed by atoms with Gasteiger partial charge in [-0.25, -0.2) is 0 Å². The Balaban J connectivity index is 0.988. The molecule has 1 spiro atoms.